The standard InChI is InChI=1S/C40H25N3O/c1-24-16-17-26-20-21-30-29(35(26)22-24)11-6-13-33(30)39-41-38(28-19-18-25-8-2-3-9-27(25)23-28)42-40(43-39)34-14-7-12-32-31-10-4-5-15-36(31)44-37(32)34/h2-23H,1H3. The van der Waals surface area contributed by atoms with E-state index in [0.717, 1.165) is 49.4 Å². The van der Waals surface area contributed by atoms with Gasteiger partial charge in [0.15, 0.2) is 17.5 Å². The van der Waals surface area contributed by atoms with Gasteiger partial charge in [-0.25, -0.2) is 15.0 Å². The molecule has 9 rings (SSSR count). The van der Waals surface area contributed by atoms with Gasteiger partial charge in [0.05, 0.1) is 5.56 Å². The summed E-state index contributed by atoms with van der Waals surface area (Å²) in [5.41, 5.74) is 5.59. The molecular weight excluding hydrogens is 538 g/mol. The molecule has 44 heavy (non-hydrogen) atoms. The summed E-state index contributed by atoms with van der Waals surface area (Å²) in [6, 6.07) is 46.4. The van der Waals surface area contributed by atoms with Crippen LogP contribution in [0.5, 0.6) is 0 Å². The molecule has 0 atom stereocenters. The van der Waals surface area contributed by atoms with Gasteiger partial charge in [0, 0.05) is 21.9 Å². The number of rotatable bonds is 3. The maximum Gasteiger partial charge on any atom is 0.167 e. The molecule has 0 aliphatic carbocycles. The molecule has 0 saturated carbocycles. The number of nitrogens with zero attached hydrogens (tertiary/aromatic N) is 3. The Balaban J connectivity index is 1.33. The fourth-order valence-electron chi connectivity index (χ4n) is 6.39. The summed E-state index contributed by atoms with van der Waals surface area (Å²) in [5.74, 6) is 1.83. The van der Waals surface area contributed by atoms with E-state index in [1.165, 1.54) is 27.1 Å². The lowest BCUT2D eigenvalue weighted by atomic mass is 9.97. The number of aryl methyl sites for hydroxylation is 1. The highest BCUT2D eigenvalue weighted by Gasteiger charge is 2.19. The first-order valence-corrected chi connectivity index (χ1v) is 14.8. The van der Waals surface area contributed by atoms with Crippen molar-refractivity contribution in [2.45, 2.75) is 6.92 Å². The third-order valence-electron chi connectivity index (χ3n) is 8.56. The third-order valence-corrected chi connectivity index (χ3v) is 8.56. The van der Waals surface area contributed by atoms with Gasteiger partial charge in [0.25, 0.3) is 0 Å². The molecular formula is C40H25N3O. The number of hydrogen-bond acceptors (Lipinski definition) is 4. The van der Waals surface area contributed by atoms with Crippen molar-refractivity contribution in [3.63, 3.8) is 0 Å². The summed E-state index contributed by atoms with van der Waals surface area (Å²) >= 11 is 0. The zero-order valence-electron chi connectivity index (χ0n) is 24.0. The van der Waals surface area contributed by atoms with Crippen LogP contribution >= 0.6 is 0 Å². The summed E-state index contributed by atoms with van der Waals surface area (Å²) in [5, 5.41) is 9.15. The monoisotopic (exact) mass is 563 g/mol. The summed E-state index contributed by atoms with van der Waals surface area (Å²) in [6.45, 7) is 2.13. The van der Waals surface area contributed by atoms with Crippen LogP contribution in [0.3, 0.4) is 0 Å². The number of aromatic nitrogens is 3. The molecule has 4 heteroatoms. The van der Waals surface area contributed by atoms with Crippen LogP contribution < -0.4 is 0 Å². The number of benzene rings is 7. The summed E-state index contributed by atoms with van der Waals surface area (Å²) < 4.78 is 6.42. The lowest BCUT2D eigenvalue weighted by molar-refractivity contribution is 0.669. The van der Waals surface area contributed by atoms with Gasteiger partial charge in [-0.3, -0.25) is 0 Å². The van der Waals surface area contributed by atoms with E-state index in [1.807, 2.05) is 30.3 Å². The summed E-state index contributed by atoms with van der Waals surface area (Å²) in [6.07, 6.45) is 0. The van der Waals surface area contributed by atoms with Crippen molar-refractivity contribution in [1.29, 1.82) is 0 Å². The second kappa shape index (κ2) is 9.58. The van der Waals surface area contributed by atoms with Crippen molar-refractivity contribution in [2.24, 2.45) is 0 Å². The van der Waals surface area contributed by atoms with Gasteiger partial charge in [-0.05, 0) is 57.4 Å². The van der Waals surface area contributed by atoms with E-state index in [1.54, 1.807) is 0 Å². The highest BCUT2D eigenvalue weighted by atomic mass is 16.3. The van der Waals surface area contributed by atoms with E-state index in [4.69, 9.17) is 19.4 Å². The van der Waals surface area contributed by atoms with Crippen LogP contribution in [0, 0.1) is 6.92 Å². The molecule has 0 spiro atoms. The SMILES string of the molecule is Cc1ccc2ccc3c(-c4nc(-c5ccc6ccccc6c5)nc(-c5cccc6c5oc5ccccc56)n4)cccc3c2c1. The van der Waals surface area contributed by atoms with Crippen molar-refractivity contribution < 1.29 is 4.42 Å². The molecule has 0 radical (unpaired) electrons. The predicted octanol–water partition coefficient (Wildman–Crippen LogP) is 10.5. The molecule has 206 valence electrons. The molecule has 0 N–H and O–H groups in total. The molecule has 0 fully saturated rings. The first-order valence-electron chi connectivity index (χ1n) is 14.8. The molecule has 0 aliphatic heterocycles. The van der Waals surface area contributed by atoms with Gasteiger partial charge in [0.2, 0.25) is 0 Å². The Morgan fingerprint density at radius 3 is 2.02 bits per heavy atom. The van der Waals surface area contributed by atoms with Crippen LogP contribution in [0.25, 0.3) is 88.4 Å². The molecule has 0 aliphatic rings. The van der Waals surface area contributed by atoms with Crippen molar-refractivity contribution in [1.82, 2.24) is 15.0 Å². The first kappa shape index (κ1) is 24.7. The maximum atomic E-state index is 6.42. The molecule has 0 unspecified atom stereocenters. The Kier molecular flexibility index (Phi) is 5.38. The van der Waals surface area contributed by atoms with Crippen molar-refractivity contribution in [2.75, 3.05) is 0 Å². The summed E-state index contributed by atoms with van der Waals surface area (Å²) in [7, 11) is 0. The minimum atomic E-state index is 0.580. The molecule has 0 amide bonds. The Morgan fingerprint density at radius 2 is 1.11 bits per heavy atom. The average molecular weight is 564 g/mol. The molecule has 4 nitrogen and oxygen atoms in total. The van der Waals surface area contributed by atoms with Crippen LogP contribution in [0.4, 0.5) is 0 Å². The molecule has 0 saturated heterocycles. The highest BCUT2D eigenvalue weighted by Crippen LogP contribution is 2.37. The van der Waals surface area contributed by atoms with Crippen LogP contribution in [-0.4, -0.2) is 15.0 Å². The average Bonchev–Trinajstić information content (AvgIpc) is 3.46. The molecule has 7 aromatic carbocycles. The molecule has 9 aromatic rings. The number of hydrogen-bond donors (Lipinski definition) is 0. The highest BCUT2D eigenvalue weighted by molar-refractivity contribution is 6.12. The zero-order chi connectivity index (χ0) is 29.2. The minimum absolute atomic E-state index is 0.580. The normalized spacial score (nSPS) is 11.8. The van der Waals surface area contributed by atoms with Gasteiger partial charge in [-0.15, -0.1) is 0 Å². The van der Waals surface area contributed by atoms with Crippen LogP contribution in [0.1, 0.15) is 5.56 Å². The largest absolute Gasteiger partial charge is 0.455 e. The van der Waals surface area contributed by atoms with E-state index in [2.05, 4.69) is 110 Å². The van der Waals surface area contributed by atoms with Gasteiger partial charge in [-0.2, -0.15) is 0 Å². The van der Waals surface area contributed by atoms with E-state index in [0.29, 0.717) is 17.5 Å². The van der Waals surface area contributed by atoms with Crippen LogP contribution in [0.2, 0.25) is 0 Å². The van der Waals surface area contributed by atoms with Crippen molar-refractivity contribution >= 4 is 54.3 Å². The van der Waals surface area contributed by atoms with Gasteiger partial charge in [0.1, 0.15) is 11.2 Å². The van der Waals surface area contributed by atoms with E-state index >= 15 is 0 Å². The minimum Gasteiger partial charge on any atom is -0.455 e. The number of fused-ring (bicyclic) bond motifs is 7. The Bertz CT molecular complexity index is 2580. The maximum absolute atomic E-state index is 6.42. The first-order chi connectivity index (χ1) is 21.7. The van der Waals surface area contributed by atoms with Gasteiger partial charge < -0.3 is 4.42 Å². The lowest BCUT2D eigenvalue weighted by Gasteiger charge is -2.12. The second-order valence-corrected chi connectivity index (χ2v) is 11.3. The third kappa shape index (κ3) is 3.89. The molecule has 0 bridgehead atoms. The van der Waals surface area contributed by atoms with E-state index in [9.17, 15) is 0 Å². The molecule has 2 aromatic heterocycles. The second-order valence-electron chi connectivity index (χ2n) is 11.3. The molecule has 2 heterocycles. The van der Waals surface area contributed by atoms with Crippen molar-refractivity contribution in [3.05, 3.63) is 139 Å². The van der Waals surface area contributed by atoms with Crippen LogP contribution in [-0.2, 0) is 0 Å². The summed E-state index contributed by atoms with van der Waals surface area (Å²) in [4.78, 5) is 15.4. The lowest BCUT2D eigenvalue weighted by Crippen LogP contribution is -2.01. The zero-order valence-corrected chi connectivity index (χ0v) is 24.0. The van der Waals surface area contributed by atoms with Gasteiger partial charge in [-0.1, -0.05) is 121 Å². The quantitative estimate of drug-likeness (QED) is 0.201. The Morgan fingerprint density at radius 1 is 0.432 bits per heavy atom. The number of para-hydroxylation sites is 2. The topological polar surface area (TPSA) is 51.8 Å². The predicted molar refractivity (Wildman–Crippen MR) is 181 cm³/mol. The number of furan rings is 1. The Hall–Kier alpha value is -5.87. The smallest absolute Gasteiger partial charge is 0.167 e. The Labute approximate surface area is 253 Å². The van der Waals surface area contributed by atoms with E-state index < -0.39 is 0 Å². The van der Waals surface area contributed by atoms with E-state index in [-0.39, 0.29) is 0 Å². The fraction of sp³-hybridized carbons (Fsp3) is 0.0250. The van der Waals surface area contributed by atoms with Gasteiger partial charge >= 0.3 is 0 Å². The van der Waals surface area contributed by atoms with Crippen LogP contribution in [0.15, 0.2) is 138 Å². The fourth-order valence-corrected chi connectivity index (χ4v) is 6.39. The van der Waals surface area contributed by atoms with Crippen molar-refractivity contribution in [3.8, 4) is 34.2 Å².